The molecule has 3 rings (SSSR count). The van der Waals surface area contributed by atoms with Crippen molar-refractivity contribution in [1.82, 2.24) is 0 Å². The fraction of sp³-hybridized carbons (Fsp3) is 0. The fourth-order valence-corrected chi connectivity index (χ4v) is 1.12. The Morgan fingerprint density at radius 2 is 0.905 bits per heavy atom. The Kier molecular flexibility index (Phi) is 17.6. The Hall–Kier alpha value is -1.29. The first-order valence-electron chi connectivity index (χ1n) is 5.98. The van der Waals surface area contributed by atoms with Gasteiger partial charge in [-0.25, -0.2) is 0 Å². The molecule has 3 heteroatoms. The van der Waals surface area contributed by atoms with Crippen LogP contribution < -0.4 is 0 Å². The summed E-state index contributed by atoms with van der Waals surface area (Å²) in [5.41, 5.74) is 7.57. The van der Waals surface area contributed by atoms with E-state index in [0.717, 1.165) is 0 Å². The summed E-state index contributed by atoms with van der Waals surface area (Å²) >= 11 is 0. The Balaban J connectivity index is 0. The first kappa shape index (κ1) is 22.0. The second kappa shape index (κ2) is 16.8. The second-order valence-corrected chi connectivity index (χ2v) is 3.52. The van der Waals surface area contributed by atoms with Crippen LogP contribution in [0.25, 0.3) is 5.73 Å². The summed E-state index contributed by atoms with van der Waals surface area (Å²) in [6.07, 6.45) is 0. The average Bonchev–Trinajstić information content (AvgIpc) is 2.53. The molecule has 0 amide bonds. The van der Waals surface area contributed by atoms with E-state index < -0.39 is 0 Å². The first-order chi connectivity index (χ1) is 9.39. The van der Waals surface area contributed by atoms with Crippen LogP contribution in [0.1, 0.15) is 0 Å². The van der Waals surface area contributed by atoms with Gasteiger partial charge >= 0.3 is 19.5 Å². The van der Waals surface area contributed by atoms with Gasteiger partial charge in [0, 0.05) is 19.5 Å². The van der Waals surface area contributed by atoms with E-state index in [1.165, 1.54) is 0 Å². The van der Waals surface area contributed by atoms with E-state index in [4.69, 9.17) is 5.73 Å². The van der Waals surface area contributed by atoms with Crippen molar-refractivity contribution in [2.45, 2.75) is 0 Å². The van der Waals surface area contributed by atoms with Crippen LogP contribution in [0, 0.1) is 12.1 Å². The zero-order valence-electron chi connectivity index (χ0n) is 12.1. The van der Waals surface area contributed by atoms with Crippen LogP contribution in [-0.2, 0) is 39.0 Å². The average molecular weight is 377 g/mol. The predicted octanol–water partition coefficient (Wildman–Crippen LogP) is 5.34. The molecule has 0 aliphatic heterocycles. The topological polar surface area (TPSA) is 23.8 Å². The quantitative estimate of drug-likeness (QED) is 0.373. The molecule has 0 aliphatic carbocycles. The smallest absolute Gasteiger partial charge is 0.699 e. The van der Waals surface area contributed by atoms with Crippen molar-refractivity contribution in [2.24, 2.45) is 0 Å². The molecule has 0 radical (unpaired) electrons. The zero-order valence-corrected chi connectivity index (χ0v) is 18.0. The molecule has 0 saturated heterocycles. The molecule has 0 unspecified atom stereocenters. The molecule has 0 spiro atoms. The maximum absolute atomic E-state index is 7.00. The molecule has 0 bridgehead atoms. The van der Waals surface area contributed by atoms with E-state index >= 15 is 0 Å². The molecule has 0 heterocycles. The van der Waals surface area contributed by atoms with Gasteiger partial charge in [0.05, 0.1) is 0 Å². The minimum absolute atomic E-state index is 0. The standard InChI is InChI=1S/C6H6N.2C6H5.2Zn/c7-6-4-2-1-3-5-6;2*1-2-4-6-5-3-1;;/h1-5,7H;2*1-5H;;/q3*-1;;+2. The van der Waals surface area contributed by atoms with Gasteiger partial charge in [-0.15, -0.1) is 5.69 Å². The van der Waals surface area contributed by atoms with E-state index in [0.29, 0.717) is 5.69 Å². The molecule has 0 saturated carbocycles. The normalized spacial score (nSPS) is 7.43. The summed E-state index contributed by atoms with van der Waals surface area (Å²) in [7, 11) is 0. The molecular weight excluding hydrogens is 361 g/mol. The second-order valence-electron chi connectivity index (χ2n) is 3.52. The van der Waals surface area contributed by atoms with Gasteiger partial charge in [0.15, 0.2) is 0 Å². The minimum atomic E-state index is 0. The molecular formula is C18H16NZn2-. The van der Waals surface area contributed by atoms with Crippen molar-refractivity contribution in [3.8, 4) is 0 Å². The van der Waals surface area contributed by atoms with Crippen molar-refractivity contribution in [3.05, 3.63) is 109 Å². The fourth-order valence-electron chi connectivity index (χ4n) is 1.12. The molecule has 0 aliphatic rings. The number of rotatable bonds is 0. The molecule has 0 fully saturated rings. The zero-order chi connectivity index (χ0) is 13.6. The van der Waals surface area contributed by atoms with Crippen LogP contribution in [0.2, 0.25) is 0 Å². The van der Waals surface area contributed by atoms with Crippen LogP contribution in [0.15, 0.2) is 91.0 Å². The summed E-state index contributed by atoms with van der Waals surface area (Å²) in [5, 5.41) is 0. The number of hydrogen-bond acceptors (Lipinski definition) is 0. The number of hydrogen-bond donors (Lipinski definition) is 0. The van der Waals surface area contributed by atoms with Gasteiger partial charge in [0.1, 0.15) is 0 Å². The third kappa shape index (κ3) is 14.9. The third-order valence-corrected chi connectivity index (χ3v) is 1.99. The summed E-state index contributed by atoms with van der Waals surface area (Å²) in [6, 6.07) is 34.1. The van der Waals surface area contributed by atoms with Crippen LogP contribution in [0.4, 0.5) is 5.69 Å². The maximum Gasteiger partial charge on any atom is 2.00 e. The summed E-state index contributed by atoms with van der Waals surface area (Å²) < 4.78 is 0. The van der Waals surface area contributed by atoms with Crippen molar-refractivity contribution in [3.63, 3.8) is 0 Å². The molecule has 3 aromatic rings. The van der Waals surface area contributed by atoms with E-state index in [2.05, 4.69) is 12.1 Å². The van der Waals surface area contributed by atoms with Crippen LogP contribution in [0.3, 0.4) is 0 Å². The van der Waals surface area contributed by atoms with Gasteiger partial charge in [-0.2, -0.15) is 72.8 Å². The van der Waals surface area contributed by atoms with Crippen molar-refractivity contribution >= 4 is 5.69 Å². The van der Waals surface area contributed by atoms with E-state index in [-0.39, 0.29) is 39.0 Å². The number of nitrogens with one attached hydrogen (secondary N) is 1. The Morgan fingerprint density at radius 3 is 1.05 bits per heavy atom. The van der Waals surface area contributed by atoms with Crippen LogP contribution >= 0.6 is 0 Å². The van der Waals surface area contributed by atoms with E-state index in [1.54, 1.807) is 12.1 Å². The summed E-state index contributed by atoms with van der Waals surface area (Å²) in [4.78, 5) is 0. The molecule has 1 nitrogen and oxygen atoms in total. The molecule has 3 aromatic carbocycles. The van der Waals surface area contributed by atoms with Gasteiger partial charge in [0.2, 0.25) is 0 Å². The third-order valence-electron chi connectivity index (χ3n) is 1.99. The van der Waals surface area contributed by atoms with Crippen LogP contribution in [-0.4, -0.2) is 0 Å². The molecule has 0 aromatic heterocycles. The Labute approximate surface area is 153 Å². The molecule has 98 valence electrons. The molecule has 21 heavy (non-hydrogen) atoms. The largest absolute Gasteiger partial charge is 2.00 e. The van der Waals surface area contributed by atoms with Gasteiger partial charge in [-0.3, -0.25) is 0 Å². The number of benzene rings is 3. The first-order valence-corrected chi connectivity index (χ1v) is 5.98. The maximum atomic E-state index is 7.00. The van der Waals surface area contributed by atoms with Gasteiger partial charge in [0.25, 0.3) is 0 Å². The van der Waals surface area contributed by atoms with Gasteiger partial charge in [-0.1, -0.05) is 30.3 Å². The van der Waals surface area contributed by atoms with Crippen LogP contribution in [0.5, 0.6) is 0 Å². The van der Waals surface area contributed by atoms with Crippen molar-refractivity contribution < 1.29 is 39.0 Å². The van der Waals surface area contributed by atoms with E-state index in [9.17, 15) is 0 Å². The summed E-state index contributed by atoms with van der Waals surface area (Å²) in [5.74, 6) is 0. The van der Waals surface area contributed by atoms with Crippen molar-refractivity contribution in [1.29, 1.82) is 0 Å². The predicted molar refractivity (Wildman–Crippen MR) is 81.0 cm³/mol. The molecule has 0 atom stereocenters. The summed E-state index contributed by atoms with van der Waals surface area (Å²) in [6.45, 7) is 0. The van der Waals surface area contributed by atoms with Gasteiger partial charge in [-0.05, 0) is 0 Å². The Morgan fingerprint density at radius 1 is 0.571 bits per heavy atom. The monoisotopic (exact) mass is 374 g/mol. The Bertz CT molecular complexity index is 416. The van der Waals surface area contributed by atoms with E-state index in [1.807, 2.05) is 78.9 Å². The minimum Gasteiger partial charge on any atom is -0.699 e. The molecule has 1 N–H and O–H groups in total. The SMILES string of the molecule is [NH-]c1ccccc1.[Zn+2].[Zn].[c-]1ccccc1.[c-]1ccccc1. The van der Waals surface area contributed by atoms with Crippen molar-refractivity contribution in [2.75, 3.05) is 0 Å². The van der Waals surface area contributed by atoms with Gasteiger partial charge < -0.3 is 5.73 Å².